The number of carbonyl (C=O) groups is 1. The van der Waals surface area contributed by atoms with E-state index in [4.69, 9.17) is 9.47 Å². The highest BCUT2D eigenvalue weighted by molar-refractivity contribution is 5.90. The number of carbonyl (C=O) groups excluding carboxylic acids is 1. The number of methoxy groups -OCH3 is 1. The third kappa shape index (κ3) is 4.11. The summed E-state index contributed by atoms with van der Waals surface area (Å²) in [6, 6.07) is 7.01. The van der Waals surface area contributed by atoms with Crippen molar-refractivity contribution in [2.45, 2.75) is 6.10 Å². The van der Waals surface area contributed by atoms with Gasteiger partial charge in [-0.15, -0.1) is 0 Å². The van der Waals surface area contributed by atoms with Crippen molar-refractivity contribution in [3.63, 3.8) is 0 Å². The van der Waals surface area contributed by atoms with Gasteiger partial charge in [-0.05, 0) is 12.1 Å². The molecule has 2 rings (SSSR count). The van der Waals surface area contributed by atoms with Gasteiger partial charge in [0, 0.05) is 19.6 Å². The zero-order valence-electron chi connectivity index (χ0n) is 10.9. The third-order valence-electron chi connectivity index (χ3n) is 2.85. The molecular weight excluding hydrogens is 246 g/mol. The van der Waals surface area contributed by atoms with Crippen LogP contribution in [0.2, 0.25) is 0 Å². The van der Waals surface area contributed by atoms with E-state index in [0.29, 0.717) is 24.6 Å². The Morgan fingerprint density at radius 1 is 1.53 bits per heavy atom. The number of anilines is 1. The van der Waals surface area contributed by atoms with Crippen LogP contribution >= 0.6 is 0 Å². The molecule has 0 saturated carbocycles. The largest absolute Gasteiger partial charge is 0.495 e. The van der Waals surface area contributed by atoms with E-state index in [9.17, 15) is 4.79 Å². The van der Waals surface area contributed by atoms with Gasteiger partial charge in [0.2, 0.25) is 0 Å². The molecule has 6 heteroatoms. The Bertz CT molecular complexity index is 419. The van der Waals surface area contributed by atoms with E-state index in [2.05, 4.69) is 16.0 Å². The Morgan fingerprint density at radius 2 is 2.37 bits per heavy atom. The Kier molecular flexibility index (Phi) is 5.00. The van der Waals surface area contributed by atoms with Crippen LogP contribution in [-0.2, 0) is 4.74 Å². The van der Waals surface area contributed by atoms with Gasteiger partial charge in [-0.1, -0.05) is 12.1 Å². The molecule has 1 fully saturated rings. The van der Waals surface area contributed by atoms with Crippen LogP contribution < -0.4 is 20.7 Å². The molecule has 6 nitrogen and oxygen atoms in total. The first-order chi connectivity index (χ1) is 9.29. The molecule has 1 aromatic rings. The molecular formula is C13H19N3O3. The molecule has 1 aliphatic heterocycles. The second-order valence-electron chi connectivity index (χ2n) is 4.23. The Hall–Kier alpha value is -1.79. The van der Waals surface area contributed by atoms with Crippen LogP contribution in [0, 0.1) is 0 Å². The van der Waals surface area contributed by atoms with Gasteiger partial charge in [0.05, 0.1) is 25.5 Å². The molecule has 0 radical (unpaired) electrons. The quantitative estimate of drug-likeness (QED) is 0.753. The van der Waals surface area contributed by atoms with Crippen LogP contribution in [0.15, 0.2) is 24.3 Å². The van der Waals surface area contributed by atoms with Crippen molar-refractivity contribution >= 4 is 11.7 Å². The van der Waals surface area contributed by atoms with Gasteiger partial charge in [-0.2, -0.15) is 0 Å². The van der Waals surface area contributed by atoms with Gasteiger partial charge >= 0.3 is 6.03 Å². The van der Waals surface area contributed by atoms with Crippen molar-refractivity contribution in [1.29, 1.82) is 0 Å². The predicted molar refractivity (Wildman–Crippen MR) is 72.6 cm³/mol. The summed E-state index contributed by atoms with van der Waals surface area (Å²) in [6.45, 7) is 2.79. The SMILES string of the molecule is COc1ccccc1NC(=O)NCC1CNCCO1. The van der Waals surface area contributed by atoms with Crippen LogP contribution in [0.5, 0.6) is 5.75 Å². The maximum atomic E-state index is 11.8. The smallest absolute Gasteiger partial charge is 0.319 e. The van der Waals surface area contributed by atoms with Crippen molar-refractivity contribution in [2.75, 3.05) is 38.7 Å². The lowest BCUT2D eigenvalue weighted by Crippen LogP contribution is -2.46. The highest BCUT2D eigenvalue weighted by Gasteiger charge is 2.14. The molecule has 1 aromatic carbocycles. The second kappa shape index (κ2) is 6.96. The Morgan fingerprint density at radius 3 is 3.11 bits per heavy atom. The topological polar surface area (TPSA) is 71.6 Å². The molecule has 1 aliphatic rings. The van der Waals surface area contributed by atoms with Crippen LogP contribution in [0.1, 0.15) is 0 Å². The van der Waals surface area contributed by atoms with Crippen molar-refractivity contribution in [2.24, 2.45) is 0 Å². The molecule has 0 bridgehead atoms. The molecule has 0 aliphatic carbocycles. The summed E-state index contributed by atoms with van der Waals surface area (Å²) in [6.07, 6.45) is 0.0252. The van der Waals surface area contributed by atoms with Crippen molar-refractivity contribution in [3.05, 3.63) is 24.3 Å². The van der Waals surface area contributed by atoms with Gasteiger partial charge in [0.25, 0.3) is 0 Å². The van der Waals surface area contributed by atoms with E-state index in [0.717, 1.165) is 13.1 Å². The first-order valence-corrected chi connectivity index (χ1v) is 6.30. The van der Waals surface area contributed by atoms with Crippen LogP contribution in [0.25, 0.3) is 0 Å². The Labute approximate surface area is 112 Å². The highest BCUT2D eigenvalue weighted by Crippen LogP contribution is 2.22. The average molecular weight is 265 g/mol. The van der Waals surface area contributed by atoms with Crippen LogP contribution in [0.3, 0.4) is 0 Å². The molecule has 104 valence electrons. The van der Waals surface area contributed by atoms with Crippen molar-refractivity contribution in [1.82, 2.24) is 10.6 Å². The van der Waals surface area contributed by atoms with E-state index >= 15 is 0 Å². The van der Waals surface area contributed by atoms with Crippen molar-refractivity contribution < 1.29 is 14.3 Å². The molecule has 2 amide bonds. The lowest BCUT2D eigenvalue weighted by Gasteiger charge is -2.23. The maximum Gasteiger partial charge on any atom is 0.319 e. The first kappa shape index (κ1) is 13.6. The summed E-state index contributed by atoms with van der Waals surface area (Å²) in [4.78, 5) is 11.8. The molecule has 1 atom stereocenters. The summed E-state index contributed by atoms with van der Waals surface area (Å²) >= 11 is 0. The minimum absolute atomic E-state index is 0.0252. The molecule has 19 heavy (non-hydrogen) atoms. The number of urea groups is 1. The number of benzene rings is 1. The molecule has 0 aromatic heterocycles. The number of hydrogen-bond donors (Lipinski definition) is 3. The number of rotatable bonds is 4. The van der Waals surface area contributed by atoms with Gasteiger partial charge < -0.3 is 25.4 Å². The summed E-state index contributed by atoms with van der Waals surface area (Å²) in [5, 5.41) is 8.74. The molecule has 1 saturated heterocycles. The molecule has 1 heterocycles. The van der Waals surface area contributed by atoms with E-state index in [-0.39, 0.29) is 12.1 Å². The highest BCUT2D eigenvalue weighted by atomic mass is 16.5. The number of amides is 2. The summed E-state index contributed by atoms with van der Waals surface area (Å²) in [7, 11) is 1.57. The fourth-order valence-electron chi connectivity index (χ4n) is 1.87. The Balaban J connectivity index is 1.80. The zero-order valence-corrected chi connectivity index (χ0v) is 10.9. The average Bonchev–Trinajstić information content (AvgIpc) is 2.47. The minimum Gasteiger partial charge on any atom is -0.495 e. The van der Waals surface area contributed by atoms with Gasteiger partial charge in [0.15, 0.2) is 0 Å². The van der Waals surface area contributed by atoms with Crippen LogP contribution in [0.4, 0.5) is 10.5 Å². The molecule has 3 N–H and O–H groups in total. The number of morpholine rings is 1. The number of nitrogens with one attached hydrogen (secondary N) is 3. The van der Waals surface area contributed by atoms with E-state index in [1.165, 1.54) is 0 Å². The fourth-order valence-corrected chi connectivity index (χ4v) is 1.87. The maximum absolute atomic E-state index is 11.8. The summed E-state index contributed by atoms with van der Waals surface area (Å²) in [5.74, 6) is 0.633. The number of para-hydroxylation sites is 2. The second-order valence-corrected chi connectivity index (χ2v) is 4.23. The summed E-state index contributed by atoms with van der Waals surface area (Å²) in [5.41, 5.74) is 0.644. The fraction of sp³-hybridized carbons (Fsp3) is 0.462. The third-order valence-corrected chi connectivity index (χ3v) is 2.85. The van der Waals surface area contributed by atoms with Gasteiger partial charge in [-0.25, -0.2) is 4.79 Å². The van der Waals surface area contributed by atoms with E-state index in [1.54, 1.807) is 19.2 Å². The standard InChI is InChI=1S/C13H19N3O3/c1-18-12-5-3-2-4-11(12)16-13(17)15-9-10-8-14-6-7-19-10/h2-5,10,14H,6-9H2,1H3,(H2,15,16,17). The monoisotopic (exact) mass is 265 g/mol. The normalized spacial score (nSPS) is 18.7. The van der Waals surface area contributed by atoms with Gasteiger partial charge in [-0.3, -0.25) is 0 Å². The lowest BCUT2D eigenvalue weighted by atomic mass is 10.3. The zero-order chi connectivity index (χ0) is 13.5. The van der Waals surface area contributed by atoms with E-state index in [1.807, 2.05) is 12.1 Å². The summed E-state index contributed by atoms with van der Waals surface area (Å²) < 4.78 is 10.7. The van der Waals surface area contributed by atoms with Gasteiger partial charge in [0.1, 0.15) is 5.75 Å². The minimum atomic E-state index is -0.265. The molecule has 0 spiro atoms. The molecule has 1 unspecified atom stereocenters. The first-order valence-electron chi connectivity index (χ1n) is 6.30. The van der Waals surface area contributed by atoms with Crippen LogP contribution in [-0.4, -0.2) is 45.5 Å². The predicted octanol–water partition coefficient (Wildman–Crippen LogP) is 0.805. The number of hydrogen-bond acceptors (Lipinski definition) is 4. The van der Waals surface area contributed by atoms with Crippen molar-refractivity contribution in [3.8, 4) is 5.75 Å². The number of ether oxygens (including phenoxy) is 2. The lowest BCUT2D eigenvalue weighted by molar-refractivity contribution is 0.0310. The van der Waals surface area contributed by atoms with E-state index < -0.39 is 0 Å².